The van der Waals surface area contributed by atoms with Gasteiger partial charge >= 0.3 is 6.09 Å². The van der Waals surface area contributed by atoms with Crippen LogP contribution >= 0.6 is 0 Å². The number of ether oxygens (including phenoxy) is 1. The molecule has 2 aromatic heterocycles. The number of hydrogen-bond donors (Lipinski definition) is 2. The fourth-order valence-corrected chi connectivity index (χ4v) is 5.73. The second-order valence-corrected chi connectivity index (χ2v) is 12.1. The number of fused-ring (bicyclic) bond motifs is 1. The van der Waals surface area contributed by atoms with Crippen molar-refractivity contribution >= 4 is 46.2 Å². The molecule has 1 saturated heterocycles. The monoisotopic (exact) mass is 568 g/mol. The van der Waals surface area contributed by atoms with E-state index in [1.165, 1.54) is 19.3 Å². The van der Waals surface area contributed by atoms with Crippen LogP contribution in [0.1, 0.15) is 58.9 Å². The number of para-hydroxylation sites is 1. The highest BCUT2D eigenvalue weighted by molar-refractivity contribution is 5.77. The number of amides is 1. The molecule has 0 spiro atoms. The van der Waals surface area contributed by atoms with Crippen molar-refractivity contribution in [2.45, 2.75) is 64.5 Å². The Kier molecular flexibility index (Phi) is 7.86. The van der Waals surface area contributed by atoms with E-state index < -0.39 is 5.60 Å². The van der Waals surface area contributed by atoms with Crippen LogP contribution < -0.4 is 15.5 Å². The lowest BCUT2D eigenvalue weighted by atomic mass is 9.95. The summed E-state index contributed by atoms with van der Waals surface area (Å²) in [7, 11) is 0. The number of carbonyl (C=O) groups is 1. The summed E-state index contributed by atoms with van der Waals surface area (Å²) in [4.78, 5) is 30.9. The fourth-order valence-electron chi connectivity index (χ4n) is 5.73. The Morgan fingerprint density at radius 2 is 1.55 bits per heavy atom. The summed E-state index contributed by atoms with van der Waals surface area (Å²) in [6.45, 7) is 8.48. The van der Waals surface area contributed by atoms with Crippen molar-refractivity contribution in [1.29, 1.82) is 0 Å². The first-order chi connectivity index (χ1) is 20.3. The smallest absolute Gasteiger partial charge is 0.410 e. The van der Waals surface area contributed by atoms with E-state index in [2.05, 4.69) is 37.2 Å². The van der Waals surface area contributed by atoms with Gasteiger partial charge in [-0.15, -0.1) is 0 Å². The molecule has 2 N–H and O–H groups in total. The number of hydrogen-bond acceptors (Lipinski definition) is 8. The van der Waals surface area contributed by atoms with Gasteiger partial charge in [-0.2, -0.15) is 4.98 Å². The lowest BCUT2D eigenvalue weighted by molar-refractivity contribution is 0.0240. The number of anilines is 5. The van der Waals surface area contributed by atoms with Gasteiger partial charge in [-0.3, -0.25) is 4.57 Å². The zero-order valence-corrected chi connectivity index (χ0v) is 24.7. The maximum atomic E-state index is 12.4. The second kappa shape index (κ2) is 11.9. The molecule has 0 bridgehead atoms. The van der Waals surface area contributed by atoms with Crippen LogP contribution in [0.15, 0.2) is 60.8 Å². The minimum absolute atomic E-state index is 0.244. The molecule has 4 aromatic rings. The van der Waals surface area contributed by atoms with Gasteiger partial charge in [0.05, 0.1) is 6.20 Å². The molecule has 1 saturated carbocycles. The largest absolute Gasteiger partial charge is 0.444 e. The molecule has 1 amide bonds. The number of aromatic nitrogens is 4. The van der Waals surface area contributed by atoms with E-state index in [0.29, 0.717) is 25.1 Å². The standard InChI is InChI=1S/C32H40N8O2/c1-32(2,3)42-31(41)39-20-18-38(19-21-39)25-16-14-24(15-17-25)34-29-33-22-27-28(37-29)40(26-12-8-5-9-13-26)30(36-27)35-23-10-6-4-7-11-23/h4,6-7,10-11,14-17,22,26H,5,8-9,12-13,18-21H2,1-3H3,(H,35,36)(H,33,34,37). The highest BCUT2D eigenvalue weighted by atomic mass is 16.6. The van der Waals surface area contributed by atoms with E-state index in [0.717, 1.165) is 60.1 Å². The predicted molar refractivity (Wildman–Crippen MR) is 167 cm³/mol. The molecule has 0 unspecified atom stereocenters. The van der Waals surface area contributed by atoms with E-state index in [-0.39, 0.29) is 6.09 Å². The topological polar surface area (TPSA) is 100 Å². The number of imidazole rings is 1. The average molecular weight is 569 g/mol. The van der Waals surface area contributed by atoms with E-state index in [4.69, 9.17) is 14.7 Å². The maximum Gasteiger partial charge on any atom is 0.410 e. The Balaban J connectivity index is 1.16. The SMILES string of the molecule is CC(C)(C)OC(=O)N1CCN(c2ccc(Nc3ncc4nc(Nc5ccccc5)n(C5CCCCC5)c4n3)cc2)CC1. The van der Waals surface area contributed by atoms with Crippen molar-refractivity contribution in [3.8, 4) is 0 Å². The molecule has 1 aliphatic carbocycles. The highest BCUT2D eigenvalue weighted by Gasteiger charge is 2.26. The Morgan fingerprint density at radius 1 is 0.857 bits per heavy atom. The number of rotatable bonds is 6. The van der Waals surface area contributed by atoms with Crippen molar-refractivity contribution in [1.82, 2.24) is 24.4 Å². The Bertz CT molecular complexity index is 1500. The van der Waals surface area contributed by atoms with E-state index in [9.17, 15) is 4.79 Å². The summed E-state index contributed by atoms with van der Waals surface area (Å²) >= 11 is 0. The normalized spacial score (nSPS) is 16.5. The molecular formula is C32H40N8O2. The molecule has 3 heterocycles. The Hall–Kier alpha value is -4.34. The molecule has 0 atom stereocenters. The molecule has 10 nitrogen and oxygen atoms in total. The predicted octanol–water partition coefficient (Wildman–Crippen LogP) is 6.88. The molecule has 2 fully saturated rings. The summed E-state index contributed by atoms with van der Waals surface area (Å²) in [5.74, 6) is 1.36. The van der Waals surface area contributed by atoms with Gasteiger partial charge in [0, 0.05) is 49.3 Å². The molecule has 10 heteroatoms. The summed E-state index contributed by atoms with van der Waals surface area (Å²) < 4.78 is 7.80. The zero-order chi connectivity index (χ0) is 29.1. The van der Waals surface area contributed by atoms with Crippen molar-refractivity contribution in [2.75, 3.05) is 41.7 Å². The van der Waals surface area contributed by atoms with Gasteiger partial charge in [0.2, 0.25) is 11.9 Å². The lowest BCUT2D eigenvalue weighted by Gasteiger charge is -2.36. The van der Waals surface area contributed by atoms with Crippen molar-refractivity contribution in [3.63, 3.8) is 0 Å². The second-order valence-electron chi connectivity index (χ2n) is 12.1. The number of nitrogens with zero attached hydrogens (tertiary/aromatic N) is 6. The fraction of sp³-hybridized carbons (Fsp3) is 0.438. The number of benzene rings is 2. The molecule has 220 valence electrons. The van der Waals surface area contributed by atoms with Crippen LogP contribution in [0.25, 0.3) is 11.2 Å². The van der Waals surface area contributed by atoms with Gasteiger partial charge in [-0.1, -0.05) is 37.5 Å². The summed E-state index contributed by atoms with van der Waals surface area (Å²) in [5, 5.41) is 6.90. The Morgan fingerprint density at radius 3 is 2.24 bits per heavy atom. The van der Waals surface area contributed by atoms with Crippen LogP contribution in [0.2, 0.25) is 0 Å². The number of piperazine rings is 1. The van der Waals surface area contributed by atoms with Crippen molar-refractivity contribution < 1.29 is 9.53 Å². The van der Waals surface area contributed by atoms with E-state index in [1.807, 2.05) is 63.2 Å². The summed E-state index contributed by atoms with van der Waals surface area (Å²) in [5.41, 5.74) is 4.18. The Labute approximate surface area is 247 Å². The van der Waals surface area contributed by atoms with Crippen LogP contribution in [0.3, 0.4) is 0 Å². The van der Waals surface area contributed by atoms with Gasteiger partial charge in [-0.05, 0) is 70.0 Å². The number of nitrogens with one attached hydrogen (secondary N) is 2. The zero-order valence-electron chi connectivity index (χ0n) is 24.7. The highest BCUT2D eigenvalue weighted by Crippen LogP contribution is 2.35. The third-order valence-electron chi connectivity index (χ3n) is 7.82. The third kappa shape index (κ3) is 6.42. The molecule has 2 aromatic carbocycles. The third-order valence-corrected chi connectivity index (χ3v) is 7.82. The van der Waals surface area contributed by atoms with Gasteiger partial charge in [-0.25, -0.2) is 14.8 Å². The van der Waals surface area contributed by atoms with Crippen molar-refractivity contribution in [2.24, 2.45) is 0 Å². The van der Waals surface area contributed by atoms with Crippen LogP contribution in [0.5, 0.6) is 0 Å². The minimum Gasteiger partial charge on any atom is -0.444 e. The summed E-state index contributed by atoms with van der Waals surface area (Å²) in [6, 6.07) is 18.8. The molecular weight excluding hydrogens is 528 g/mol. The first kappa shape index (κ1) is 27.8. The van der Waals surface area contributed by atoms with Crippen LogP contribution in [-0.2, 0) is 4.74 Å². The van der Waals surface area contributed by atoms with E-state index in [1.54, 1.807) is 11.1 Å². The van der Waals surface area contributed by atoms with Gasteiger partial charge < -0.3 is 25.2 Å². The first-order valence-corrected chi connectivity index (χ1v) is 15.0. The number of carbonyl (C=O) groups excluding carboxylic acids is 1. The first-order valence-electron chi connectivity index (χ1n) is 15.0. The molecule has 0 radical (unpaired) electrons. The molecule has 6 rings (SSSR count). The molecule has 42 heavy (non-hydrogen) atoms. The quantitative estimate of drug-likeness (QED) is 0.260. The van der Waals surface area contributed by atoms with Gasteiger partial charge in [0.25, 0.3) is 0 Å². The lowest BCUT2D eigenvalue weighted by Crippen LogP contribution is -2.50. The van der Waals surface area contributed by atoms with Crippen molar-refractivity contribution in [3.05, 3.63) is 60.8 Å². The van der Waals surface area contributed by atoms with E-state index >= 15 is 0 Å². The van der Waals surface area contributed by atoms with Gasteiger partial charge in [0.15, 0.2) is 5.65 Å². The molecule has 1 aliphatic heterocycles. The minimum atomic E-state index is -0.484. The van der Waals surface area contributed by atoms with Crippen LogP contribution in [0.4, 0.5) is 33.8 Å². The van der Waals surface area contributed by atoms with Crippen LogP contribution in [0, 0.1) is 0 Å². The summed E-state index contributed by atoms with van der Waals surface area (Å²) in [6.07, 6.45) is 7.51. The van der Waals surface area contributed by atoms with Crippen LogP contribution in [-0.4, -0.2) is 62.3 Å². The average Bonchev–Trinajstić information content (AvgIpc) is 3.34. The molecule has 2 aliphatic rings. The van der Waals surface area contributed by atoms with Gasteiger partial charge in [0.1, 0.15) is 11.1 Å². The maximum absolute atomic E-state index is 12.4.